The zero-order chi connectivity index (χ0) is 8.39. The van der Waals surface area contributed by atoms with Gasteiger partial charge in [0.2, 0.25) is 0 Å². The van der Waals surface area contributed by atoms with Gasteiger partial charge in [-0.1, -0.05) is 23.9 Å². The minimum absolute atomic E-state index is 0.374. The van der Waals surface area contributed by atoms with Gasteiger partial charge in [0.05, 0.1) is 4.90 Å². The van der Waals surface area contributed by atoms with Crippen LogP contribution < -0.4 is 4.74 Å². The number of rotatable bonds is 1. The van der Waals surface area contributed by atoms with Crippen LogP contribution in [0.15, 0.2) is 40.3 Å². The lowest BCUT2D eigenvalue weighted by molar-refractivity contribution is -0.106. The van der Waals surface area contributed by atoms with E-state index in [9.17, 15) is 4.79 Å². The number of carbonyl (C=O) groups is 1. The molecular formula is C9H6O2S. The maximum absolute atomic E-state index is 10.4. The summed E-state index contributed by atoms with van der Waals surface area (Å²) in [4.78, 5) is 11.4. The highest BCUT2D eigenvalue weighted by atomic mass is 32.2. The van der Waals surface area contributed by atoms with Crippen LogP contribution in [0.1, 0.15) is 0 Å². The summed E-state index contributed by atoms with van der Waals surface area (Å²) in [6, 6.07) is 7.62. The van der Waals surface area contributed by atoms with Crippen LogP contribution in [-0.4, -0.2) is 6.29 Å². The highest BCUT2D eigenvalue weighted by molar-refractivity contribution is 8.02. The van der Waals surface area contributed by atoms with Gasteiger partial charge in [0.25, 0.3) is 0 Å². The SMILES string of the molecule is O=CC1=CSc2ccccc2O1. The maximum atomic E-state index is 10.4. The molecule has 0 aliphatic carbocycles. The molecule has 3 heteroatoms. The Kier molecular flexibility index (Phi) is 1.87. The van der Waals surface area contributed by atoms with Crippen molar-refractivity contribution in [1.29, 1.82) is 0 Å². The maximum Gasteiger partial charge on any atom is 0.185 e. The second-order valence-corrected chi connectivity index (χ2v) is 3.22. The number of hydrogen-bond acceptors (Lipinski definition) is 3. The monoisotopic (exact) mass is 178 g/mol. The van der Waals surface area contributed by atoms with Gasteiger partial charge in [-0.3, -0.25) is 4.79 Å². The number of allylic oxidation sites excluding steroid dienone is 1. The third kappa shape index (κ3) is 1.23. The topological polar surface area (TPSA) is 26.3 Å². The molecule has 0 saturated carbocycles. The Bertz CT molecular complexity index is 344. The lowest BCUT2D eigenvalue weighted by Crippen LogP contribution is -2.00. The first-order valence-corrected chi connectivity index (χ1v) is 4.37. The number of ether oxygens (including phenoxy) is 1. The molecule has 0 aromatic heterocycles. The summed E-state index contributed by atoms with van der Waals surface area (Å²) >= 11 is 1.50. The van der Waals surface area contributed by atoms with Crippen molar-refractivity contribution < 1.29 is 9.53 Å². The predicted octanol–water partition coefficient (Wildman–Crippen LogP) is 2.21. The number of fused-ring (bicyclic) bond motifs is 1. The Morgan fingerprint density at radius 3 is 3.00 bits per heavy atom. The molecule has 1 aliphatic rings. The molecule has 1 heterocycles. The zero-order valence-electron chi connectivity index (χ0n) is 6.19. The van der Waals surface area contributed by atoms with Gasteiger partial charge in [-0.2, -0.15) is 0 Å². The molecule has 1 aromatic rings. The second-order valence-electron chi connectivity index (χ2n) is 2.30. The van der Waals surface area contributed by atoms with E-state index in [1.807, 2.05) is 24.3 Å². The van der Waals surface area contributed by atoms with E-state index in [0.29, 0.717) is 12.0 Å². The molecule has 0 fully saturated rings. The van der Waals surface area contributed by atoms with Crippen molar-refractivity contribution in [1.82, 2.24) is 0 Å². The van der Waals surface area contributed by atoms with Crippen molar-refractivity contribution in [3.05, 3.63) is 35.4 Å². The van der Waals surface area contributed by atoms with Crippen LogP contribution in [-0.2, 0) is 4.79 Å². The molecule has 1 aliphatic heterocycles. The van der Waals surface area contributed by atoms with Gasteiger partial charge in [-0.25, -0.2) is 0 Å². The van der Waals surface area contributed by atoms with E-state index >= 15 is 0 Å². The van der Waals surface area contributed by atoms with Gasteiger partial charge in [-0.15, -0.1) is 0 Å². The molecular weight excluding hydrogens is 172 g/mol. The Morgan fingerprint density at radius 2 is 2.17 bits per heavy atom. The van der Waals surface area contributed by atoms with Crippen molar-refractivity contribution in [2.75, 3.05) is 0 Å². The quantitative estimate of drug-likeness (QED) is 0.617. The van der Waals surface area contributed by atoms with Gasteiger partial charge in [0.1, 0.15) is 5.75 Å². The number of thioether (sulfide) groups is 1. The molecule has 1 aromatic carbocycles. The molecule has 0 radical (unpaired) electrons. The Hall–Kier alpha value is -1.22. The molecule has 12 heavy (non-hydrogen) atoms. The van der Waals surface area contributed by atoms with Crippen LogP contribution in [0.3, 0.4) is 0 Å². The number of aldehydes is 1. The largest absolute Gasteiger partial charge is 0.452 e. The highest BCUT2D eigenvalue weighted by Gasteiger charge is 2.10. The van der Waals surface area contributed by atoms with Crippen molar-refractivity contribution in [3.8, 4) is 5.75 Å². The third-order valence-electron chi connectivity index (χ3n) is 1.50. The molecule has 2 rings (SSSR count). The van der Waals surface area contributed by atoms with Gasteiger partial charge >= 0.3 is 0 Å². The van der Waals surface area contributed by atoms with E-state index < -0.39 is 0 Å². The first kappa shape index (κ1) is 7.43. The minimum Gasteiger partial charge on any atom is -0.452 e. The Labute approximate surface area is 74.2 Å². The zero-order valence-corrected chi connectivity index (χ0v) is 7.01. The average molecular weight is 178 g/mol. The summed E-state index contributed by atoms with van der Waals surface area (Å²) in [5.41, 5.74) is 0. The fourth-order valence-electron chi connectivity index (χ4n) is 0.956. The normalized spacial score (nSPS) is 14.2. The molecule has 0 unspecified atom stereocenters. The van der Waals surface area contributed by atoms with Gasteiger partial charge in [0, 0.05) is 5.41 Å². The summed E-state index contributed by atoms with van der Waals surface area (Å²) in [6.07, 6.45) is 0.711. The van der Waals surface area contributed by atoms with E-state index in [-0.39, 0.29) is 0 Å². The summed E-state index contributed by atoms with van der Waals surface area (Å²) in [7, 11) is 0. The molecule has 60 valence electrons. The summed E-state index contributed by atoms with van der Waals surface area (Å²) in [5.74, 6) is 1.13. The van der Waals surface area contributed by atoms with Crippen LogP contribution in [0.4, 0.5) is 0 Å². The van der Waals surface area contributed by atoms with E-state index in [1.165, 1.54) is 11.8 Å². The van der Waals surface area contributed by atoms with Crippen molar-refractivity contribution in [3.63, 3.8) is 0 Å². The molecule has 0 amide bonds. The van der Waals surface area contributed by atoms with Crippen LogP contribution >= 0.6 is 11.8 Å². The van der Waals surface area contributed by atoms with Crippen LogP contribution in [0.5, 0.6) is 5.75 Å². The first-order chi connectivity index (χ1) is 5.90. The highest BCUT2D eigenvalue weighted by Crippen LogP contribution is 2.35. The molecule has 0 saturated heterocycles. The lowest BCUT2D eigenvalue weighted by atomic mass is 10.3. The third-order valence-corrected chi connectivity index (χ3v) is 2.44. The van der Waals surface area contributed by atoms with Gasteiger partial charge < -0.3 is 4.74 Å². The van der Waals surface area contributed by atoms with E-state index in [4.69, 9.17) is 4.74 Å². The number of para-hydroxylation sites is 1. The van der Waals surface area contributed by atoms with Gasteiger partial charge in [-0.05, 0) is 12.1 Å². The van der Waals surface area contributed by atoms with Crippen LogP contribution in [0.2, 0.25) is 0 Å². The number of carbonyl (C=O) groups excluding carboxylic acids is 1. The minimum atomic E-state index is 0.374. The van der Waals surface area contributed by atoms with E-state index in [0.717, 1.165) is 10.6 Å². The standard InChI is InChI=1S/C9H6O2S/c10-5-7-6-12-9-4-2-1-3-8(9)11-7/h1-6H. The Morgan fingerprint density at radius 1 is 1.33 bits per heavy atom. The first-order valence-electron chi connectivity index (χ1n) is 3.49. The molecule has 0 spiro atoms. The van der Waals surface area contributed by atoms with Crippen LogP contribution in [0, 0.1) is 0 Å². The molecule has 0 N–H and O–H groups in total. The van der Waals surface area contributed by atoms with Gasteiger partial charge in [0.15, 0.2) is 12.0 Å². The van der Waals surface area contributed by atoms with Crippen LogP contribution in [0.25, 0.3) is 0 Å². The van der Waals surface area contributed by atoms with Crippen molar-refractivity contribution in [2.45, 2.75) is 4.90 Å². The molecule has 2 nitrogen and oxygen atoms in total. The fourth-order valence-corrected chi connectivity index (χ4v) is 1.69. The average Bonchev–Trinajstić information content (AvgIpc) is 2.17. The predicted molar refractivity (Wildman–Crippen MR) is 47.1 cm³/mol. The summed E-state index contributed by atoms with van der Waals surface area (Å²) < 4.78 is 5.25. The molecule has 0 bridgehead atoms. The lowest BCUT2D eigenvalue weighted by Gasteiger charge is -2.12. The number of benzene rings is 1. The summed E-state index contributed by atoms with van der Waals surface area (Å²) in [5, 5.41) is 1.70. The van der Waals surface area contributed by atoms with E-state index in [2.05, 4.69) is 0 Å². The molecule has 0 atom stereocenters. The second kappa shape index (κ2) is 3.03. The number of hydrogen-bond donors (Lipinski definition) is 0. The fraction of sp³-hybridized carbons (Fsp3) is 0. The smallest absolute Gasteiger partial charge is 0.185 e. The van der Waals surface area contributed by atoms with Crippen molar-refractivity contribution in [2.24, 2.45) is 0 Å². The van der Waals surface area contributed by atoms with Crippen molar-refractivity contribution >= 4 is 18.0 Å². The Balaban J connectivity index is 2.36. The summed E-state index contributed by atoms with van der Waals surface area (Å²) in [6.45, 7) is 0. The van der Waals surface area contributed by atoms with E-state index in [1.54, 1.807) is 5.41 Å².